The van der Waals surface area contributed by atoms with E-state index in [1.165, 1.54) is 0 Å². The van der Waals surface area contributed by atoms with Crippen molar-refractivity contribution < 1.29 is 28.8 Å². The molecule has 2 saturated heterocycles. The number of rotatable bonds is 28. The molecule has 2 aliphatic heterocycles. The van der Waals surface area contributed by atoms with Crippen LogP contribution in [0, 0.1) is 22.7 Å². The Morgan fingerprint density at radius 2 is 1.08 bits per heavy atom. The van der Waals surface area contributed by atoms with Gasteiger partial charge in [-0.1, -0.05) is 129 Å². The van der Waals surface area contributed by atoms with E-state index in [1.807, 2.05) is 130 Å². The van der Waals surface area contributed by atoms with E-state index in [4.69, 9.17) is 23.2 Å². The number of ketones is 1. The van der Waals surface area contributed by atoms with Crippen molar-refractivity contribution in [1.29, 1.82) is 0 Å². The van der Waals surface area contributed by atoms with E-state index in [0.29, 0.717) is 81.4 Å². The van der Waals surface area contributed by atoms with Gasteiger partial charge >= 0.3 is 0 Å². The molecular formula is C58H90Cl2N6O6. The number of carbonyl (C=O) groups is 6. The first-order valence-electron chi connectivity index (χ1n) is 27.2. The Morgan fingerprint density at radius 1 is 0.653 bits per heavy atom. The van der Waals surface area contributed by atoms with Gasteiger partial charge in [-0.05, 0) is 118 Å². The van der Waals surface area contributed by atoms with Crippen LogP contribution in [0.25, 0.3) is 0 Å². The van der Waals surface area contributed by atoms with E-state index in [-0.39, 0.29) is 65.8 Å². The highest BCUT2D eigenvalue weighted by Crippen LogP contribution is 2.34. The molecule has 72 heavy (non-hydrogen) atoms. The smallest absolute Gasteiger partial charge is 0.246 e. The van der Waals surface area contributed by atoms with Crippen LogP contribution in [0.3, 0.4) is 0 Å². The molecule has 5 amide bonds. The normalized spacial score (nSPS) is 17.8. The lowest BCUT2D eigenvalue weighted by Gasteiger charge is -2.37. The molecule has 4 rings (SSSR count). The monoisotopic (exact) mass is 1040 g/mol. The highest BCUT2D eigenvalue weighted by Gasteiger charge is 2.42. The fourth-order valence-corrected chi connectivity index (χ4v) is 10.2. The largest absolute Gasteiger partial charge is 0.344 e. The van der Waals surface area contributed by atoms with Crippen LogP contribution in [0.4, 0.5) is 0 Å². The van der Waals surface area contributed by atoms with E-state index in [1.54, 1.807) is 7.05 Å². The fourth-order valence-electron chi connectivity index (χ4n) is 9.97. The van der Waals surface area contributed by atoms with Gasteiger partial charge in [-0.15, -0.1) is 0 Å². The van der Waals surface area contributed by atoms with Gasteiger partial charge in [0.1, 0.15) is 11.8 Å². The number of likely N-dealkylation sites (N-methyl/N-ethyl adjacent to an activating group) is 1. The van der Waals surface area contributed by atoms with Gasteiger partial charge in [0.25, 0.3) is 0 Å². The number of nitrogens with zero attached hydrogens (tertiary/aromatic N) is 4. The minimum absolute atomic E-state index is 0.000931. The molecule has 0 bridgehead atoms. The second kappa shape index (κ2) is 29.2. The van der Waals surface area contributed by atoms with Gasteiger partial charge in [0.15, 0.2) is 0 Å². The molecule has 2 heterocycles. The number of benzene rings is 2. The van der Waals surface area contributed by atoms with E-state index in [9.17, 15) is 28.8 Å². The van der Waals surface area contributed by atoms with Crippen LogP contribution in [-0.2, 0) is 41.6 Å². The van der Waals surface area contributed by atoms with Crippen LogP contribution in [0.15, 0.2) is 48.5 Å². The Morgan fingerprint density at radius 3 is 1.49 bits per heavy atom. The first-order chi connectivity index (χ1) is 34.0. The molecular weight excluding hydrogens is 948 g/mol. The number of Topliss-reactive ketones (excluding diaryl/α,β-unsaturated/α-hetero) is 1. The maximum Gasteiger partial charge on any atom is 0.246 e. The molecule has 2 aliphatic rings. The summed E-state index contributed by atoms with van der Waals surface area (Å²) in [5.41, 5.74) is 1.29. The average Bonchev–Trinajstić information content (AvgIpc) is 4.02. The predicted molar refractivity (Wildman–Crippen MR) is 292 cm³/mol. The lowest BCUT2D eigenvalue weighted by atomic mass is 9.76. The number of carbonyl (C=O) groups excluding carboxylic acids is 6. The summed E-state index contributed by atoms with van der Waals surface area (Å²) in [6, 6.07) is 14.2. The molecule has 2 fully saturated rings. The first kappa shape index (κ1) is 60.6. The zero-order valence-electron chi connectivity index (χ0n) is 45.6. The van der Waals surface area contributed by atoms with Gasteiger partial charge in [0, 0.05) is 92.5 Å². The van der Waals surface area contributed by atoms with E-state index in [0.717, 1.165) is 75.3 Å². The maximum atomic E-state index is 14.3. The predicted octanol–water partition coefficient (Wildman–Crippen LogP) is 10.3. The van der Waals surface area contributed by atoms with Gasteiger partial charge in [-0.3, -0.25) is 28.8 Å². The number of hydrogen-bond acceptors (Lipinski definition) is 7. The molecule has 6 atom stereocenters. The van der Waals surface area contributed by atoms with Gasteiger partial charge in [0.2, 0.25) is 29.5 Å². The minimum atomic E-state index is -0.668. The number of amides is 5. The van der Waals surface area contributed by atoms with Crippen molar-refractivity contribution in [3.8, 4) is 0 Å². The third kappa shape index (κ3) is 19.0. The van der Waals surface area contributed by atoms with Crippen molar-refractivity contribution in [1.82, 2.24) is 30.2 Å². The van der Waals surface area contributed by atoms with Crippen molar-refractivity contribution >= 4 is 58.5 Å². The van der Waals surface area contributed by atoms with Crippen LogP contribution in [0.2, 0.25) is 10.0 Å². The van der Waals surface area contributed by atoms with E-state index >= 15 is 0 Å². The number of halogens is 2. The van der Waals surface area contributed by atoms with Crippen molar-refractivity contribution in [2.45, 2.75) is 189 Å². The molecule has 2 aromatic rings. The summed E-state index contributed by atoms with van der Waals surface area (Å²) in [7, 11) is 1.76. The lowest BCUT2D eigenvalue weighted by molar-refractivity contribution is -0.144. The van der Waals surface area contributed by atoms with Crippen LogP contribution in [0.1, 0.15) is 163 Å². The molecule has 2 N–H and O–H groups in total. The summed E-state index contributed by atoms with van der Waals surface area (Å²) < 4.78 is 0. The zero-order chi connectivity index (χ0) is 53.2. The number of hydrogen-bond donors (Lipinski definition) is 2. The summed E-state index contributed by atoms with van der Waals surface area (Å²) in [6.45, 7) is 20.9. The van der Waals surface area contributed by atoms with Gasteiger partial charge in [-0.25, -0.2) is 0 Å². The van der Waals surface area contributed by atoms with Gasteiger partial charge in [-0.2, -0.15) is 0 Å². The molecule has 12 nitrogen and oxygen atoms in total. The molecule has 0 saturated carbocycles. The Hall–Kier alpha value is -4.00. The van der Waals surface area contributed by atoms with Gasteiger partial charge in [0.05, 0.1) is 6.04 Å². The molecule has 0 spiro atoms. The first-order valence-corrected chi connectivity index (χ1v) is 27.9. The van der Waals surface area contributed by atoms with Crippen molar-refractivity contribution in [2.75, 3.05) is 46.3 Å². The molecule has 0 unspecified atom stereocenters. The highest BCUT2D eigenvalue weighted by molar-refractivity contribution is 6.30. The summed E-state index contributed by atoms with van der Waals surface area (Å²) in [5.74, 6) is -0.654. The van der Waals surface area contributed by atoms with Gasteiger partial charge < -0.3 is 30.2 Å². The molecule has 2 aromatic carbocycles. The van der Waals surface area contributed by atoms with Crippen molar-refractivity contribution in [3.05, 3.63) is 69.7 Å². The Kier molecular flexibility index (Phi) is 24.5. The average molecular weight is 1040 g/mol. The number of unbranched alkanes of at least 4 members (excludes halogenated alkanes) is 5. The summed E-state index contributed by atoms with van der Waals surface area (Å²) in [5, 5.41) is 7.43. The van der Waals surface area contributed by atoms with Crippen LogP contribution in [-0.4, -0.2) is 125 Å². The lowest BCUT2D eigenvalue weighted by Crippen LogP contribution is -2.57. The van der Waals surface area contributed by atoms with Crippen LogP contribution >= 0.6 is 23.2 Å². The molecule has 0 radical (unpaired) electrons. The van der Waals surface area contributed by atoms with Crippen LogP contribution in [0.5, 0.6) is 0 Å². The molecule has 0 aromatic heterocycles. The van der Waals surface area contributed by atoms with E-state index in [2.05, 4.69) is 10.6 Å². The Bertz CT molecular complexity index is 1910. The second-order valence-electron chi connectivity index (χ2n) is 22.9. The summed E-state index contributed by atoms with van der Waals surface area (Å²) >= 11 is 12.4. The Balaban J connectivity index is 1.33. The fraction of sp³-hybridized carbons (Fsp3) is 0.690. The zero-order valence-corrected chi connectivity index (χ0v) is 47.1. The standard InChI is InChI=1S/C58H90Cl2N6O6/c1-11-41(2)54(70)62-53(58(7,8)9)56(72)66-35-19-21-48(66)40-64(37-33-44-26-30-46(60)31-27-44)52(69)23-17-15-13-12-14-16-22-51(68)63(36-32-43-24-28-45(59)29-25-43)39-47-20-18-34-65(47)55(71)49(57(4,5)6)38-50(67)42(3)61-10/h24-31,41-42,47-49,53,61H,11-23,32-40H2,1-10H3,(H,62,70)/t41-,42+,47+,48+,49-,53-/m1/s1. The SMILES string of the molecule is CC[C@@H](C)C(=O)N[C@H](C(=O)N1CCC[C@H]1CN(CCc1ccc(Cl)cc1)C(=O)CCCCCCCCC(=O)N(CCc1ccc(Cl)cc1)C[C@@H]1CCCN1C(=O)[C@@H](CC(=O)[C@H](C)NC)C(C)(C)C)C(C)(C)C. The van der Waals surface area contributed by atoms with Crippen molar-refractivity contribution in [3.63, 3.8) is 0 Å². The molecule has 402 valence electrons. The highest BCUT2D eigenvalue weighted by atomic mass is 35.5. The minimum Gasteiger partial charge on any atom is -0.344 e. The molecule has 14 heteroatoms. The van der Waals surface area contributed by atoms with Crippen molar-refractivity contribution in [2.24, 2.45) is 22.7 Å². The van der Waals surface area contributed by atoms with Crippen LogP contribution < -0.4 is 10.6 Å². The third-order valence-electron chi connectivity index (χ3n) is 15.2. The number of likely N-dealkylation sites (tertiary alicyclic amines) is 2. The maximum absolute atomic E-state index is 14.3. The Labute approximate surface area is 443 Å². The summed E-state index contributed by atoms with van der Waals surface area (Å²) in [6.07, 6.45) is 11.6. The quantitative estimate of drug-likeness (QED) is 0.0809. The summed E-state index contributed by atoms with van der Waals surface area (Å²) in [4.78, 5) is 90.5. The van der Waals surface area contributed by atoms with E-state index < -0.39 is 22.8 Å². The topological polar surface area (TPSA) is 139 Å². The third-order valence-corrected chi connectivity index (χ3v) is 15.7. The second-order valence-corrected chi connectivity index (χ2v) is 23.8. The number of nitrogens with one attached hydrogen (secondary N) is 2. The molecule has 0 aliphatic carbocycles.